The van der Waals surface area contributed by atoms with E-state index in [1.807, 2.05) is 18.2 Å². The van der Waals surface area contributed by atoms with E-state index >= 15 is 0 Å². The van der Waals surface area contributed by atoms with Crippen LogP contribution in [0.1, 0.15) is 21.5 Å². The van der Waals surface area contributed by atoms with Crippen molar-refractivity contribution in [2.45, 2.75) is 6.42 Å². The number of ketones is 1. The average molecular weight is 273 g/mol. The van der Waals surface area contributed by atoms with Crippen LogP contribution in [0.5, 0.6) is 5.75 Å². The van der Waals surface area contributed by atoms with E-state index in [4.69, 9.17) is 11.6 Å². The van der Waals surface area contributed by atoms with Crippen LogP contribution in [0, 0.1) is 0 Å². The van der Waals surface area contributed by atoms with E-state index in [0.717, 1.165) is 0 Å². The van der Waals surface area contributed by atoms with Gasteiger partial charge in [0, 0.05) is 22.6 Å². The van der Waals surface area contributed by atoms with Crippen LogP contribution < -0.4 is 0 Å². The number of phenolic OH excluding ortho intramolecular Hbond substituents is 1. The second kappa shape index (κ2) is 5.72. The fourth-order valence-corrected chi connectivity index (χ4v) is 1.98. The quantitative estimate of drug-likeness (QED) is 0.857. The lowest BCUT2D eigenvalue weighted by Gasteiger charge is -2.07. The molecule has 0 aliphatic carbocycles. The zero-order chi connectivity index (χ0) is 13.8. The highest BCUT2D eigenvalue weighted by Crippen LogP contribution is 2.23. The molecule has 0 aliphatic rings. The van der Waals surface area contributed by atoms with Gasteiger partial charge in [0.2, 0.25) is 0 Å². The topological polar surface area (TPSA) is 37.3 Å². The number of rotatable bonds is 4. The van der Waals surface area contributed by atoms with Crippen molar-refractivity contribution in [3.8, 4) is 5.75 Å². The maximum Gasteiger partial charge on any atom is 0.193 e. The number of benzene rings is 2. The third-order valence-corrected chi connectivity index (χ3v) is 2.89. The van der Waals surface area contributed by atoms with Gasteiger partial charge in [0.25, 0.3) is 0 Å². The fraction of sp³-hybridized carbons (Fsp3) is 0.0625. The summed E-state index contributed by atoms with van der Waals surface area (Å²) < 4.78 is 0. The first-order valence-corrected chi connectivity index (χ1v) is 6.20. The molecule has 0 saturated heterocycles. The lowest BCUT2D eigenvalue weighted by atomic mass is 9.99. The normalized spacial score (nSPS) is 10.2. The first-order valence-electron chi connectivity index (χ1n) is 5.83. The zero-order valence-electron chi connectivity index (χ0n) is 10.3. The highest BCUT2D eigenvalue weighted by Gasteiger charge is 2.11. The summed E-state index contributed by atoms with van der Waals surface area (Å²) in [5.41, 5.74) is 1.74. The molecule has 3 heteroatoms. The first kappa shape index (κ1) is 13.4. The second-order valence-corrected chi connectivity index (χ2v) is 4.77. The maximum atomic E-state index is 12.3. The smallest absolute Gasteiger partial charge is 0.193 e. The van der Waals surface area contributed by atoms with E-state index in [-0.39, 0.29) is 11.5 Å². The minimum absolute atomic E-state index is 0.0814. The summed E-state index contributed by atoms with van der Waals surface area (Å²) in [6, 6.07) is 13.8. The minimum Gasteiger partial charge on any atom is -0.508 e. The molecule has 2 aromatic rings. The predicted molar refractivity (Wildman–Crippen MR) is 76.7 cm³/mol. The molecule has 0 amide bonds. The van der Waals surface area contributed by atoms with Crippen LogP contribution >= 0.6 is 11.6 Å². The van der Waals surface area contributed by atoms with Gasteiger partial charge in [-0.05, 0) is 23.8 Å². The molecule has 2 nitrogen and oxygen atoms in total. The molecule has 0 saturated carbocycles. The first-order chi connectivity index (χ1) is 9.08. The Morgan fingerprint density at radius 2 is 1.79 bits per heavy atom. The Labute approximate surface area is 117 Å². The maximum absolute atomic E-state index is 12.3. The summed E-state index contributed by atoms with van der Waals surface area (Å²) >= 11 is 5.74. The van der Waals surface area contributed by atoms with Crippen molar-refractivity contribution in [2.75, 3.05) is 0 Å². The lowest BCUT2D eigenvalue weighted by molar-refractivity contribution is 0.103. The molecule has 2 rings (SSSR count). The molecule has 2 aromatic carbocycles. The zero-order valence-corrected chi connectivity index (χ0v) is 11.0. The highest BCUT2D eigenvalue weighted by atomic mass is 35.5. The van der Waals surface area contributed by atoms with Gasteiger partial charge >= 0.3 is 0 Å². The summed E-state index contributed by atoms with van der Waals surface area (Å²) in [5, 5.41) is 10.1. The Kier molecular flexibility index (Phi) is 4.03. The molecule has 0 unspecified atom stereocenters. The summed E-state index contributed by atoms with van der Waals surface area (Å²) in [6.07, 6.45) is 0.337. The Morgan fingerprint density at radius 3 is 2.42 bits per heavy atom. The van der Waals surface area contributed by atoms with E-state index in [0.29, 0.717) is 28.1 Å². The van der Waals surface area contributed by atoms with E-state index in [2.05, 4.69) is 6.58 Å². The van der Waals surface area contributed by atoms with Crippen molar-refractivity contribution < 1.29 is 9.90 Å². The molecular formula is C16H13ClO2. The van der Waals surface area contributed by atoms with Crippen LogP contribution in [-0.4, -0.2) is 10.9 Å². The highest BCUT2D eigenvalue weighted by molar-refractivity contribution is 6.29. The molecule has 96 valence electrons. The van der Waals surface area contributed by atoms with Crippen molar-refractivity contribution in [1.82, 2.24) is 0 Å². The van der Waals surface area contributed by atoms with Crippen LogP contribution in [0.4, 0.5) is 0 Å². The molecule has 19 heavy (non-hydrogen) atoms. The van der Waals surface area contributed by atoms with E-state index in [9.17, 15) is 9.90 Å². The van der Waals surface area contributed by atoms with Gasteiger partial charge in [-0.2, -0.15) is 0 Å². The van der Waals surface area contributed by atoms with Crippen LogP contribution in [0.15, 0.2) is 60.1 Å². The van der Waals surface area contributed by atoms with Gasteiger partial charge in [0.1, 0.15) is 5.75 Å². The van der Waals surface area contributed by atoms with Gasteiger partial charge < -0.3 is 5.11 Å². The summed E-state index contributed by atoms with van der Waals surface area (Å²) in [4.78, 5) is 12.3. The number of hydrogen-bond donors (Lipinski definition) is 1. The van der Waals surface area contributed by atoms with Gasteiger partial charge in [-0.25, -0.2) is 0 Å². The third-order valence-electron chi connectivity index (χ3n) is 2.76. The van der Waals surface area contributed by atoms with E-state index in [1.54, 1.807) is 24.3 Å². The Bertz CT molecular complexity index is 618. The summed E-state index contributed by atoms with van der Waals surface area (Å²) in [6.45, 7) is 3.59. The van der Waals surface area contributed by atoms with Gasteiger partial charge in [-0.3, -0.25) is 4.79 Å². The van der Waals surface area contributed by atoms with Gasteiger partial charge in [-0.15, -0.1) is 0 Å². The standard InChI is InChI=1S/C16H13ClO2/c1-11(17)9-14-10-13(7-8-15(14)18)16(19)12-5-3-2-4-6-12/h2-8,10,18H,1,9H2. The molecule has 0 bridgehead atoms. The second-order valence-electron chi connectivity index (χ2n) is 4.23. The molecule has 0 aromatic heterocycles. The SMILES string of the molecule is C=C(Cl)Cc1cc(C(=O)c2ccccc2)ccc1O. The van der Waals surface area contributed by atoms with Crippen molar-refractivity contribution >= 4 is 17.4 Å². The Balaban J connectivity index is 2.36. The van der Waals surface area contributed by atoms with Gasteiger partial charge in [0.05, 0.1) is 0 Å². The monoisotopic (exact) mass is 272 g/mol. The van der Waals surface area contributed by atoms with E-state index < -0.39 is 0 Å². The number of phenols is 1. The number of carbonyl (C=O) groups is 1. The van der Waals surface area contributed by atoms with Crippen molar-refractivity contribution in [3.63, 3.8) is 0 Å². The summed E-state index contributed by atoms with van der Waals surface area (Å²) in [7, 11) is 0. The number of aromatic hydroxyl groups is 1. The fourth-order valence-electron chi connectivity index (χ4n) is 1.83. The molecule has 0 atom stereocenters. The Morgan fingerprint density at radius 1 is 1.11 bits per heavy atom. The minimum atomic E-state index is -0.0814. The van der Waals surface area contributed by atoms with Gasteiger partial charge in [0.15, 0.2) is 5.78 Å². The Hall–Kier alpha value is -2.06. The molecule has 0 fully saturated rings. The molecule has 0 radical (unpaired) electrons. The number of halogens is 1. The van der Waals surface area contributed by atoms with Crippen molar-refractivity contribution in [1.29, 1.82) is 0 Å². The van der Waals surface area contributed by atoms with Crippen molar-refractivity contribution in [2.24, 2.45) is 0 Å². The molecule has 0 aliphatic heterocycles. The lowest BCUT2D eigenvalue weighted by Crippen LogP contribution is -2.02. The molecule has 0 spiro atoms. The number of carbonyl (C=O) groups excluding carboxylic acids is 1. The predicted octanol–water partition coefficient (Wildman–Crippen LogP) is 3.92. The molecule has 0 heterocycles. The molecule has 1 N–H and O–H groups in total. The van der Waals surface area contributed by atoms with Crippen LogP contribution in [0.3, 0.4) is 0 Å². The van der Waals surface area contributed by atoms with Crippen LogP contribution in [-0.2, 0) is 6.42 Å². The van der Waals surface area contributed by atoms with Crippen LogP contribution in [0.2, 0.25) is 0 Å². The van der Waals surface area contributed by atoms with E-state index in [1.165, 1.54) is 6.07 Å². The number of hydrogen-bond acceptors (Lipinski definition) is 2. The number of allylic oxidation sites excluding steroid dienone is 1. The third kappa shape index (κ3) is 3.24. The largest absolute Gasteiger partial charge is 0.508 e. The van der Waals surface area contributed by atoms with Crippen molar-refractivity contribution in [3.05, 3.63) is 76.8 Å². The molecular weight excluding hydrogens is 260 g/mol. The average Bonchev–Trinajstić information content (AvgIpc) is 2.41. The van der Waals surface area contributed by atoms with Gasteiger partial charge in [-0.1, -0.05) is 48.5 Å². The summed E-state index contributed by atoms with van der Waals surface area (Å²) in [5.74, 6) is 0.0356. The van der Waals surface area contributed by atoms with Crippen LogP contribution in [0.25, 0.3) is 0 Å².